The van der Waals surface area contributed by atoms with E-state index in [4.69, 9.17) is 11.6 Å². The first-order valence-corrected chi connectivity index (χ1v) is 9.86. The number of anilines is 1. The molecule has 2 aromatic carbocycles. The molecule has 1 unspecified atom stereocenters. The van der Waals surface area contributed by atoms with E-state index in [1.54, 1.807) is 18.2 Å². The highest BCUT2D eigenvalue weighted by molar-refractivity contribution is 6.31. The van der Waals surface area contributed by atoms with Crippen molar-refractivity contribution in [1.82, 2.24) is 10.2 Å². The monoisotopic (exact) mass is 413 g/mol. The van der Waals surface area contributed by atoms with Crippen molar-refractivity contribution in [3.63, 3.8) is 0 Å². The Hall–Kier alpha value is -2.86. The minimum Gasteiger partial charge on any atom is -0.324 e. The molecule has 0 radical (unpaired) electrons. The topological polar surface area (TPSA) is 78.5 Å². The van der Waals surface area contributed by atoms with Gasteiger partial charge in [0.25, 0.3) is 5.91 Å². The molecule has 29 heavy (non-hydrogen) atoms. The van der Waals surface area contributed by atoms with E-state index < -0.39 is 23.4 Å². The largest absolute Gasteiger partial charge is 0.325 e. The lowest BCUT2D eigenvalue weighted by atomic mass is 9.82. The van der Waals surface area contributed by atoms with E-state index in [0.29, 0.717) is 22.7 Å². The summed E-state index contributed by atoms with van der Waals surface area (Å²) in [6.45, 7) is 5.46. The lowest BCUT2D eigenvalue weighted by molar-refractivity contribution is -0.134. The number of halogens is 1. The fraction of sp³-hybridized carbons (Fsp3) is 0.318. The highest BCUT2D eigenvalue weighted by atomic mass is 35.5. The van der Waals surface area contributed by atoms with Crippen LogP contribution in [0, 0.1) is 12.8 Å². The molecule has 1 aliphatic heterocycles. The number of carbonyl (C=O) groups is 3. The summed E-state index contributed by atoms with van der Waals surface area (Å²) in [5.41, 5.74) is 0.939. The third-order valence-electron chi connectivity index (χ3n) is 4.91. The summed E-state index contributed by atoms with van der Waals surface area (Å²) in [5, 5.41) is 6.05. The smallest absolute Gasteiger partial charge is 0.324 e. The maximum Gasteiger partial charge on any atom is 0.325 e. The van der Waals surface area contributed by atoms with Gasteiger partial charge in [0.2, 0.25) is 5.91 Å². The van der Waals surface area contributed by atoms with E-state index in [9.17, 15) is 14.4 Å². The van der Waals surface area contributed by atoms with Gasteiger partial charge in [0.15, 0.2) is 0 Å². The number of rotatable bonds is 6. The molecule has 1 heterocycles. The summed E-state index contributed by atoms with van der Waals surface area (Å²) in [6.07, 6.45) is 0.438. The molecule has 152 valence electrons. The molecule has 0 aliphatic carbocycles. The summed E-state index contributed by atoms with van der Waals surface area (Å²) >= 11 is 6.09. The number of amides is 4. The second-order valence-electron chi connectivity index (χ2n) is 7.70. The van der Waals surface area contributed by atoms with Crippen molar-refractivity contribution in [3.8, 4) is 0 Å². The van der Waals surface area contributed by atoms with Crippen molar-refractivity contribution in [3.05, 3.63) is 64.7 Å². The van der Waals surface area contributed by atoms with Gasteiger partial charge in [-0.2, -0.15) is 0 Å². The first kappa shape index (κ1) is 20.9. The second kappa shape index (κ2) is 8.25. The molecule has 2 aromatic rings. The molecule has 0 bridgehead atoms. The zero-order chi connectivity index (χ0) is 21.2. The Morgan fingerprint density at radius 2 is 1.86 bits per heavy atom. The van der Waals surface area contributed by atoms with Gasteiger partial charge in [-0.25, -0.2) is 4.79 Å². The van der Waals surface area contributed by atoms with Crippen LogP contribution in [-0.4, -0.2) is 29.3 Å². The highest BCUT2D eigenvalue weighted by Crippen LogP contribution is 2.35. The molecule has 7 heteroatoms. The van der Waals surface area contributed by atoms with Crippen molar-refractivity contribution in [1.29, 1.82) is 0 Å². The number of imide groups is 1. The lowest BCUT2D eigenvalue weighted by Crippen LogP contribution is -2.45. The van der Waals surface area contributed by atoms with Crippen LogP contribution >= 0.6 is 11.6 Å². The zero-order valence-electron chi connectivity index (χ0n) is 16.7. The molecule has 0 saturated carbocycles. The third kappa shape index (κ3) is 4.27. The van der Waals surface area contributed by atoms with E-state index in [1.165, 1.54) is 0 Å². The maximum atomic E-state index is 13.3. The Balaban J connectivity index is 1.81. The van der Waals surface area contributed by atoms with Gasteiger partial charge in [0, 0.05) is 10.7 Å². The van der Waals surface area contributed by atoms with Gasteiger partial charge in [-0.05, 0) is 42.5 Å². The van der Waals surface area contributed by atoms with Crippen molar-refractivity contribution in [2.45, 2.75) is 32.7 Å². The Morgan fingerprint density at radius 3 is 2.48 bits per heavy atom. The molecular weight excluding hydrogens is 390 g/mol. The molecule has 1 atom stereocenters. The Morgan fingerprint density at radius 1 is 1.17 bits per heavy atom. The summed E-state index contributed by atoms with van der Waals surface area (Å²) in [6, 6.07) is 13.7. The van der Waals surface area contributed by atoms with Crippen LogP contribution < -0.4 is 10.6 Å². The SMILES string of the molecule is Cc1ccc(NC(=O)CN2C(=O)NC(CC(C)C)(c3ccccc3)C2=O)cc1Cl. The normalized spacial score (nSPS) is 18.9. The van der Waals surface area contributed by atoms with Gasteiger partial charge in [0.05, 0.1) is 0 Å². The number of urea groups is 1. The van der Waals surface area contributed by atoms with E-state index in [1.807, 2.05) is 51.1 Å². The standard InChI is InChI=1S/C22H24ClN3O3/c1-14(2)12-22(16-7-5-4-6-8-16)20(28)26(21(29)25-22)13-19(27)24-17-10-9-15(3)18(23)11-17/h4-11,14H,12-13H2,1-3H3,(H,24,27)(H,25,29). The highest BCUT2D eigenvalue weighted by Gasteiger charge is 2.52. The molecule has 6 nitrogen and oxygen atoms in total. The fourth-order valence-corrected chi connectivity index (χ4v) is 3.75. The van der Waals surface area contributed by atoms with Crippen molar-refractivity contribution in [2.24, 2.45) is 5.92 Å². The molecule has 0 aromatic heterocycles. The summed E-state index contributed by atoms with van der Waals surface area (Å²) < 4.78 is 0. The number of nitrogens with one attached hydrogen (secondary N) is 2. The molecule has 1 fully saturated rings. The molecular formula is C22H24ClN3O3. The number of nitrogens with zero attached hydrogens (tertiary/aromatic N) is 1. The van der Waals surface area contributed by atoms with Crippen LogP contribution in [0.5, 0.6) is 0 Å². The molecule has 1 aliphatic rings. The first-order chi connectivity index (χ1) is 13.7. The van der Waals surface area contributed by atoms with Gasteiger partial charge in [-0.3, -0.25) is 14.5 Å². The maximum absolute atomic E-state index is 13.3. The van der Waals surface area contributed by atoms with Crippen LogP contribution in [0.4, 0.5) is 10.5 Å². The molecule has 4 amide bonds. The summed E-state index contributed by atoms with van der Waals surface area (Å²) in [4.78, 5) is 39.4. The minimum atomic E-state index is -1.17. The van der Waals surface area contributed by atoms with E-state index in [-0.39, 0.29) is 12.5 Å². The number of aryl methyl sites for hydroxylation is 1. The van der Waals surface area contributed by atoms with Crippen LogP contribution in [-0.2, 0) is 15.1 Å². The van der Waals surface area contributed by atoms with Crippen LogP contribution in [0.3, 0.4) is 0 Å². The quantitative estimate of drug-likeness (QED) is 0.700. The van der Waals surface area contributed by atoms with Crippen molar-refractivity contribution in [2.75, 3.05) is 11.9 Å². The predicted molar refractivity (Wildman–Crippen MR) is 113 cm³/mol. The van der Waals surface area contributed by atoms with Gasteiger partial charge < -0.3 is 10.6 Å². The molecule has 1 saturated heterocycles. The lowest BCUT2D eigenvalue weighted by Gasteiger charge is -2.29. The third-order valence-corrected chi connectivity index (χ3v) is 5.32. The van der Waals surface area contributed by atoms with E-state index in [0.717, 1.165) is 10.5 Å². The fourth-order valence-electron chi connectivity index (χ4n) is 3.57. The van der Waals surface area contributed by atoms with Crippen LogP contribution in [0.15, 0.2) is 48.5 Å². The average molecular weight is 414 g/mol. The van der Waals surface area contributed by atoms with Gasteiger partial charge in [-0.15, -0.1) is 0 Å². The number of hydrogen-bond donors (Lipinski definition) is 2. The summed E-state index contributed by atoms with van der Waals surface area (Å²) in [5.74, 6) is -0.732. The van der Waals surface area contributed by atoms with E-state index >= 15 is 0 Å². The zero-order valence-corrected chi connectivity index (χ0v) is 17.4. The van der Waals surface area contributed by atoms with Gasteiger partial charge in [0.1, 0.15) is 12.1 Å². The van der Waals surface area contributed by atoms with Crippen LogP contribution in [0.1, 0.15) is 31.4 Å². The molecule has 2 N–H and O–H groups in total. The van der Waals surface area contributed by atoms with E-state index in [2.05, 4.69) is 10.6 Å². The molecule has 0 spiro atoms. The average Bonchev–Trinajstić information content (AvgIpc) is 2.90. The number of benzene rings is 2. The Bertz CT molecular complexity index is 946. The number of carbonyl (C=O) groups excluding carboxylic acids is 3. The molecule has 3 rings (SSSR count). The Kier molecular flexibility index (Phi) is 5.94. The van der Waals surface area contributed by atoms with Crippen molar-refractivity contribution < 1.29 is 14.4 Å². The van der Waals surface area contributed by atoms with Gasteiger partial charge >= 0.3 is 6.03 Å². The van der Waals surface area contributed by atoms with Crippen molar-refractivity contribution >= 4 is 35.1 Å². The summed E-state index contributed by atoms with van der Waals surface area (Å²) in [7, 11) is 0. The van der Waals surface area contributed by atoms with Gasteiger partial charge in [-0.1, -0.05) is 61.8 Å². The predicted octanol–water partition coefficient (Wildman–Crippen LogP) is 4.08. The van der Waals surface area contributed by atoms with Crippen LogP contribution in [0.25, 0.3) is 0 Å². The second-order valence-corrected chi connectivity index (χ2v) is 8.11. The van der Waals surface area contributed by atoms with Crippen LogP contribution in [0.2, 0.25) is 5.02 Å². The minimum absolute atomic E-state index is 0.155. The Labute approximate surface area is 175 Å². The first-order valence-electron chi connectivity index (χ1n) is 9.48. The number of hydrogen-bond acceptors (Lipinski definition) is 3.